The molecule has 0 heterocycles. The van der Waals surface area contributed by atoms with Crippen molar-refractivity contribution in [1.29, 1.82) is 0 Å². The lowest BCUT2D eigenvalue weighted by atomic mass is 10.1. The summed E-state index contributed by atoms with van der Waals surface area (Å²) >= 11 is 0. The minimum Gasteiger partial charge on any atom is -0.368 e. The van der Waals surface area contributed by atoms with Crippen molar-refractivity contribution in [1.82, 2.24) is 5.32 Å². The quantitative estimate of drug-likeness (QED) is 0.583. The highest BCUT2D eigenvalue weighted by Crippen LogP contribution is 2.07. The van der Waals surface area contributed by atoms with Crippen molar-refractivity contribution in [3.05, 3.63) is 12.2 Å². The number of carbonyl (C=O) groups is 1. The Balaban J connectivity index is 3.64. The molecule has 0 aromatic carbocycles. The lowest BCUT2D eigenvalue weighted by Crippen LogP contribution is -2.33. The van der Waals surface area contributed by atoms with Gasteiger partial charge in [0, 0.05) is 13.1 Å². The zero-order valence-electron chi connectivity index (χ0n) is 10.4. The van der Waals surface area contributed by atoms with Gasteiger partial charge in [0.1, 0.15) is 6.61 Å². The second-order valence-electron chi connectivity index (χ2n) is 3.63. The first-order valence-electron chi connectivity index (χ1n) is 5.94. The fourth-order valence-electron chi connectivity index (χ4n) is 1.31. The molecule has 0 aliphatic rings. The van der Waals surface area contributed by atoms with Crippen molar-refractivity contribution in [3.63, 3.8) is 0 Å². The molecule has 94 valence electrons. The van der Waals surface area contributed by atoms with Gasteiger partial charge in [-0.3, -0.25) is 4.79 Å². The van der Waals surface area contributed by atoms with Crippen LogP contribution >= 0.6 is 0 Å². The number of nitrogens with one attached hydrogen (secondary N) is 1. The minimum atomic E-state index is -0.0880. The first-order chi connectivity index (χ1) is 7.74. The summed E-state index contributed by atoms with van der Waals surface area (Å²) in [5, 5.41) is 2.68. The zero-order chi connectivity index (χ0) is 12.2. The van der Waals surface area contributed by atoms with Crippen molar-refractivity contribution in [2.75, 3.05) is 19.7 Å². The van der Waals surface area contributed by atoms with Crippen molar-refractivity contribution in [2.24, 2.45) is 5.73 Å². The van der Waals surface area contributed by atoms with Crippen LogP contribution in [0, 0.1) is 0 Å². The average Bonchev–Trinajstić information content (AvgIpc) is 2.31. The zero-order valence-corrected chi connectivity index (χ0v) is 10.4. The Hall–Kier alpha value is -0.870. The molecule has 4 heteroatoms. The van der Waals surface area contributed by atoms with Gasteiger partial charge in [-0.2, -0.15) is 0 Å². The van der Waals surface area contributed by atoms with E-state index in [0.29, 0.717) is 13.1 Å². The van der Waals surface area contributed by atoms with E-state index in [9.17, 15) is 4.79 Å². The summed E-state index contributed by atoms with van der Waals surface area (Å²) < 4.78 is 5.51. The monoisotopic (exact) mass is 228 g/mol. The molecule has 1 unspecified atom stereocenters. The predicted octanol–water partition coefficient (Wildman–Crippen LogP) is 1.21. The van der Waals surface area contributed by atoms with Crippen LogP contribution < -0.4 is 11.1 Å². The van der Waals surface area contributed by atoms with E-state index in [0.717, 1.165) is 19.3 Å². The van der Waals surface area contributed by atoms with Crippen molar-refractivity contribution in [2.45, 2.75) is 39.2 Å². The van der Waals surface area contributed by atoms with Crippen LogP contribution in [-0.2, 0) is 9.53 Å². The van der Waals surface area contributed by atoms with Crippen LogP contribution in [0.2, 0.25) is 0 Å². The maximum Gasteiger partial charge on any atom is 0.246 e. The van der Waals surface area contributed by atoms with Crippen LogP contribution in [-0.4, -0.2) is 31.7 Å². The second-order valence-corrected chi connectivity index (χ2v) is 3.63. The molecule has 0 bridgehead atoms. The summed E-state index contributed by atoms with van der Waals surface area (Å²) in [7, 11) is 0. The Kier molecular flexibility index (Phi) is 10.1. The van der Waals surface area contributed by atoms with Gasteiger partial charge in [0.2, 0.25) is 5.91 Å². The number of hydrogen-bond acceptors (Lipinski definition) is 3. The number of allylic oxidation sites excluding steroid dienone is 2. The van der Waals surface area contributed by atoms with Crippen LogP contribution in [0.5, 0.6) is 0 Å². The third-order valence-electron chi connectivity index (χ3n) is 2.26. The maximum atomic E-state index is 11.2. The Morgan fingerprint density at radius 2 is 2.31 bits per heavy atom. The van der Waals surface area contributed by atoms with E-state index in [1.54, 1.807) is 0 Å². The fourth-order valence-corrected chi connectivity index (χ4v) is 1.31. The molecular weight excluding hydrogens is 204 g/mol. The molecule has 1 amide bonds. The van der Waals surface area contributed by atoms with Gasteiger partial charge < -0.3 is 15.8 Å². The molecule has 0 saturated carbocycles. The van der Waals surface area contributed by atoms with Gasteiger partial charge in [-0.05, 0) is 26.2 Å². The number of carbonyl (C=O) groups excluding carboxylic acids is 1. The van der Waals surface area contributed by atoms with Crippen LogP contribution in [0.4, 0.5) is 0 Å². The molecule has 0 rings (SSSR count). The fraction of sp³-hybridized carbons (Fsp3) is 0.750. The van der Waals surface area contributed by atoms with Gasteiger partial charge in [-0.25, -0.2) is 0 Å². The Morgan fingerprint density at radius 3 is 2.88 bits per heavy atom. The summed E-state index contributed by atoms with van der Waals surface area (Å²) in [6.07, 6.45) is 7.20. The van der Waals surface area contributed by atoms with E-state index in [4.69, 9.17) is 10.5 Å². The van der Waals surface area contributed by atoms with E-state index >= 15 is 0 Å². The lowest BCUT2D eigenvalue weighted by molar-refractivity contribution is -0.127. The van der Waals surface area contributed by atoms with Crippen molar-refractivity contribution < 1.29 is 9.53 Å². The van der Waals surface area contributed by atoms with Gasteiger partial charge in [0.05, 0.1) is 6.10 Å². The summed E-state index contributed by atoms with van der Waals surface area (Å²) in [5.74, 6) is -0.0880. The standard InChI is InChI=1S/C12H24N2O2/c1-3-5-6-7-11(4-2)16-10-12(15)14-9-8-13/h3,5,11H,4,6-10,13H2,1-2H3,(H,14,15)/b5-3+. The topological polar surface area (TPSA) is 64.3 Å². The molecule has 0 fully saturated rings. The average molecular weight is 228 g/mol. The largest absolute Gasteiger partial charge is 0.368 e. The van der Waals surface area contributed by atoms with Gasteiger partial charge >= 0.3 is 0 Å². The van der Waals surface area contributed by atoms with Gasteiger partial charge in [0.15, 0.2) is 0 Å². The minimum absolute atomic E-state index is 0.0880. The molecule has 0 spiro atoms. The summed E-state index contributed by atoms with van der Waals surface area (Å²) in [4.78, 5) is 11.2. The third-order valence-corrected chi connectivity index (χ3v) is 2.26. The molecule has 0 saturated heterocycles. The van der Waals surface area contributed by atoms with Crippen LogP contribution in [0.25, 0.3) is 0 Å². The van der Waals surface area contributed by atoms with Crippen LogP contribution in [0.1, 0.15) is 33.1 Å². The van der Waals surface area contributed by atoms with Gasteiger partial charge in [-0.15, -0.1) is 0 Å². The summed E-state index contributed by atoms with van der Waals surface area (Å²) in [6, 6.07) is 0. The van der Waals surface area contributed by atoms with E-state index in [1.165, 1.54) is 0 Å². The third kappa shape index (κ3) is 8.44. The van der Waals surface area contributed by atoms with E-state index < -0.39 is 0 Å². The highest BCUT2D eigenvalue weighted by Gasteiger charge is 2.08. The molecule has 1 atom stereocenters. The first kappa shape index (κ1) is 15.1. The molecule has 0 radical (unpaired) electrons. The van der Waals surface area contributed by atoms with E-state index in [2.05, 4.69) is 18.3 Å². The number of hydrogen-bond donors (Lipinski definition) is 2. The summed E-state index contributed by atoms with van der Waals surface area (Å²) in [5.41, 5.74) is 5.28. The van der Waals surface area contributed by atoms with Gasteiger partial charge in [-0.1, -0.05) is 19.1 Å². The number of rotatable bonds is 9. The van der Waals surface area contributed by atoms with Crippen LogP contribution in [0.15, 0.2) is 12.2 Å². The molecule has 16 heavy (non-hydrogen) atoms. The number of nitrogens with two attached hydrogens (primary N) is 1. The molecule has 0 aromatic rings. The van der Waals surface area contributed by atoms with Crippen molar-refractivity contribution >= 4 is 5.91 Å². The predicted molar refractivity (Wildman–Crippen MR) is 66.1 cm³/mol. The first-order valence-corrected chi connectivity index (χ1v) is 5.94. The normalized spacial score (nSPS) is 12.9. The Morgan fingerprint density at radius 1 is 1.56 bits per heavy atom. The maximum absolute atomic E-state index is 11.2. The molecule has 4 nitrogen and oxygen atoms in total. The van der Waals surface area contributed by atoms with E-state index in [-0.39, 0.29) is 18.6 Å². The summed E-state index contributed by atoms with van der Waals surface area (Å²) in [6.45, 7) is 5.18. The molecule has 0 aliphatic heterocycles. The SMILES string of the molecule is C/C=C/CCC(CC)OCC(=O)NCCN. The number of ether oxygens (including phenoxy) is 1. The van der Waals surface area contributed by atoms with Crippen LogP contribution in [0.3, 0.4) is 0 Å². The second kappa shape index (κ2) is 10.6. The highest BCUT2D eigenvalue weighted by molar-refractivity contribution is 5.77. The molecule has 0 aromatic heterocycles. The smallest absolute Gasteiger partial charge is 0.246 e. The van der Waals surface area contributed by atoms with E-state index in [1.807, 2.05) is 13.0 Å². The lowest BCUT2D eigenvalue weighted by Gasteiger charge is -2.14. The molecule has 0 aliphatic carbocycles. The van der Waals surface area contributed by atoms with Gasteiger partial charge in [0.25, 0.3) is 0 Å². The number of amides is 1. The Bertz CT molecular complexity index is 205. The molecular formula is C12H24N2O2. The van der Waals surface area contributed by atoms with Crippen molar-refractivity contribution in [3.8, 4) is 0 Å². The molecule has 3 N–H and O–H groups in total. The highest BCUT2D eigenvalue weighted by atomic mass is 16.5. The Labute approximate surface area is 98.2 Å².